The van der Waals surface area contributed by atoms with Crippen LogP contribution in [0.15, 0.2) is 60.7 Å². The highest BCUT2D eigenvalue weighted by atomic mass is 35.5. The van der Waals surface area contributed by atoms with E-state index >= 15 is 0 Å². The number of amides is 2. The normalized spacial score (nSPS) is 11.8. The van der Waals surface area contributed by atoms with Gasteiger partial charge in [0.15, 0.2) is 6.61 Å². The van der Waals surface area contributed by atoms with Crippen LogP contribution in [0.1, 0.15) is 36.1 Å². The first-order valence-corrected chi connectivity index (χ1v) is 13.6. The average Bonchev–Trinajstić information content (AvgIpc) is 2.88. The van der Waals surface area contributed by atoms with E-state index in [4.69, 9.17) is 39.5 Å². The van der Waals surface area contributed by atoms with Crippen molar-refractivity contribution in [2.24, 2.45) is 5.92 Å². The van der Waals surface area contributed by atoms with Crippen LogP contribution in [-0.4, -0.2) is 35.9 Å². The first kappa shape index (κ1) is 29.8. The Morgan fingerprint density at radius 2 is 1.53 bits per heavy atom. The zero-order valence-electron chi connectivity index (χ0n) is 22.1. The molecule has 0 aromatic heterocycles. The summed E-state index contributed by atoms with van der Waals surface area (Å²) in [6, 6.07) is 17.5. The zero-order valence-corrected chi connectivity index (χ0v) is 24.3. The maximum absolute atomic E-state index is 13.8. The summed E-state index contributed by atoms with van der Waals surface area (Å²) in [6.07, 6.45) is 0.317. The molecule has 2 amide bonds. The molecular formula is C30H33Cl3N2O3. The van der Waals surface area contributed by atoms with Crippen molar-refractivity contribution in [2.45, 2.75) is 46.7 Å². The average molecular weight is 576 g/mol. The van der Waals surface area contributed by atoms with Crippen LogP contribution in [0.2, 0.25) is 15.1 Å². The van der Waals surface area contributed by atoms with Crippen LogP contribution in [0, 0.1) is 19.8 Å². The van der Waals surface area contributed by atoms with Crippen LogP contribution in [0.3, 0.4) is 0 Å². The molecule has 3 aromatic rings. The molecule has 3 aromatic carbocycles. The lowest BCUT2D eigenvalue weighted by Crippen LogP contribution is -2.52. The molecule has 0 heterocycles. The van der Waals surface area contributed by atoms with Crippen molar-refractivity contribution in [1.82, 2.24) is 10.2 Å². The molecule has 0 saturated carbocycles. The Kier molecular flexibility index (Phi) is 10.9. The largest absolute Gasteiger partial charge is 0.484 e. The van der Waals surface area contributed by atoms with E-state index in [1.807, 2.05) is 58.0 Å². The molecule has 0 aliphatic carbocycles. The topological polar surface area (TPSA) is 58.6 Å². The minimum absolute atomic E-state index is 0.0476. The van der Waals surface area contributed by atoms with Gasteiger partial charge in [0.2, 0.25) is 5.91 Å². The Labute approximate surface area is 240 Å². The standard InChI is InChI=1S/C30H33Cl3N2O3/c1-19(2)16-34-30(37)27(15-22-9-6-5-7-10-22)35(17-24-25(31)11-8-12-26(24)32)28(36)18-38-23-13-20(3)29(33)21(4)14-23/h5-14,19,27H,15-18H2,1-4H3,(H,34,37)/t27-/m1/s1. The molecule has 0 aliphatic rings. The second kappa shape index (κ2) is 13.9. The third kappa shape index (κ3) is 8.13. The molecule has 0 saturated heterocycles. The van der Waals surface area contributed by atoms with Crippen molar-refractivity contribution in [2.75, 3.05) is 13.2 Å². The van der Waals surface area contributed by atoms with Gasteiger partial charge in [-0.15, -0.1) is 0 Å². The molecule has 0 radical (unpaired) electrons. The molecule has 8 heteroatoms. The van der Waals surface area contributed by atoms with Crippen molar-refractivity contribution < 1.29 is 14.3 Å². The summed E-state index contributed by atoms with van der Waals surface area (Å²) in [5.74, 6) is 0.152. The van der Waals surface area contributed by atoms with E-state index in [-0.39, 0.29) is 30.9 Å². The zero-order chi connectivity index (χ0) is 27.8. The molecule has 5 nitrogen and oxygen atoms in total. The van der Waals surface area contributed by atoms with Crippen molar-refractivity contribution >= 4 is 46.6 Å². The minimum atomic E-state index is -0.812. The number of benzene rings is 3. The van der Waals surface area contributed by atoms with E-state index in [1.54, 1.807) is 30.3 Å². The number of carbonyl (C=O) groups is 2. The van der Waals surface area contributed by atoms with Gasteiger partial charge in [0.05, 0.1) is 0 Å². The van der Waals surface area contributed by atoms with E-state index in [9.17, 15) is 9.59 Å². The van der Waals surface area contributed by atoms with Gasteiger partial charge in [-0.3, -0.25) is 9.59 Å². The predicted octanol–water partition coefficient (Wildman–Crippen LogP) is 7.05. The summed E-state index contributed by atoms with van der Waals surface area (Å²) in [6.45, 7) is 8.05. The lowest BCUT2D eigenvalue weighted by molar-refractivity contribution is -0.142. The molecule has 0 unspecified atom stereocenters. The number of hydrogen-bond acceptors (Lipinski definition) is 3. The molecular weight excluding hydrogens is 543 g/mol. The fraction of sp³-hybridized carbons (Fsp3) is 0.333. The van der Waals surface area contributed by atoms with E-state index in [1.165, 1.54) is 4.90 Å². The summed E-state index contributed by atoms with van der Waals surface area (Å²) in [7, 11) is 0. The third-order valence-electron chi connectivity index (χ3n) is 6.12. The number of aryl methyl sites for hydroxylation is 2. The second-order valence-electron chi connectivity index (χ2n) is 9.73. The molecule has 3 rings (SSSR count). The molecule has 0 spiro atoms. The van der Waals surface area contributed by atoms with Gasteiger partial charge in [-0.25, -0.2) is 0 Å². The molecule has 0 fully saturated rings. The Morgan fingerprint density at radius 1 is 0.921 bits per heavy atom. The van der Waals surface area contributed by atoms with Crippen LogP contribution >= 0.6 is 34.8 Å². The van der Waals surface area contributed by atoms with Gasteiger partial charge in [-0.1, -0.05) is 85.0 Å². The number of ether oxygens (including phenoxy) is 1. The van der Waals surface area contributed by atoms with Crippen molar-refractivity contribution in [3.05, 3.63) is 98.0 Å². The molecule has 0 bridgehead atoms. The van der Waals surface area contributed by atoms with E-state index in [0.29, 0.717) is 39.3 Å². The molecule has 0 aliphatic heterocycles. The predicted molar refractivity (Wildman–Crippen MR) is 155 cm³/mol. The fourth-order valence-electron chi connectivity index (χ4n) is 4.05. The quantitative estimate of drug-likeness (QED) is 0.266. The summed E-state index contributed by atoms with van der Waals surface area (Å²) in [5.41, 5.74) is 3.19. The summed E-state index contributed by atoms with van der Waals surface area (Å²) in [4.78, 5) is 28.8. The number of nitrogens with one attached hydrogen (secondary N) is 1. The maximum atomic E-state index is 13.8. The maximum Gasteiger partial charge on any atom is 0.261 e. The van der Waals surface area contributed by atoms with Crippen LogP contribution in [-0.2, 0) is 22.6 Å². The van der Waals surface area contributed by atoms with Crippen LogP contribution in [0.5, 0.6) is 5.75 Å². The second-order valence-corrected chi connectivity index (χ2v) is 10.9. The van der Waals surface area contributed by atoms with Crippen molar-refractivity contribution in [1.29, 1.82) is 0 Å². The SMILES string of the molecule is Cc1cc(OCC(=O)N(Cc2c(Cl)cccc2Cl)[C@H](Cc2ccccc2)C(=O)NCC(C)C)cc(C)c1Cl. The van der Waals surface area contributed by atoms with Crippen LogP contribution in [0.4, 0.5) is 0 Å². The number of hydrogen-bond donors (Lipinski definition) is 1. The Balaban J connectivity index is 1.96. The Morgan fingerprint density at radius 3 is 2.11 bits per heavy atom. The highest BCUT2D eigenvalue weighted by Gasteiger charge is 2.31. The monoisotopic (exact) mass is 574 g/mol. The highest BCUT2D eigenvalue weighted by molar-refractivity contribution is 6.36. The Hall–Kier alpha value is -2.73. The van der Waals surface area contributed by atoms with Gasteiger partial charge >= 0.3 is 0 Å². The number of rotatable bonds is 11. The van der Waals surface area contributed by atoms with Crippen molar-refractivity contribution in [3.8, 4) is 5.75 Å². The highest BCUT2D eigenvalue weighted by Crippen LogP contribution is 2.28. The van der Waals surface area contributed by atoms with Crippen LogP contribution in [0.25, 0.3) is 0 Å². The lowest BCUT2D eigenvalue weighted by Gasteiger charge is -2.32. The van der Waals surface area contributed by atoms with E-state index < -0.39 is 6.04 Å². The first-order valence-electron chi connectivity index (χ1n) is 12.5. The van der Waals surface area contributed by atoms with Gasteiger partial charge < -0.3 is 15.0 Å². The summed E-state index contributed by atoms with van der Waals surface area (Å²) < 4.78 is 5.89. The van der Waals surface area contributed by atoms with E-state index in [2.05, 4.69) is 5.32 Å². The van der Waals surface area contributed by atoms with E-state index in [0.717, 1.165) is 16.7 Å². The first-order chi connectivity index (χ1) is 18.1. The van der Waals surface area contributed by atoms with Crippen molar-refractivity contribution in [3.63, 3.8) is 0 Å². The number of nitrogens with zero attached hydrogens (tertiary/aromatic N) is 1. The number of carbonyl (C=O) groups excluding carboxylic acids is 2. The number of halogens is 3. The van der Waals surface area contributed by atoms with Gasteiger partial charge in [0, 0.05) is 40.1 Å². The van der Waals surface area contributed by atoms with Gasteiger partial charge in [0.25, 0.3) is 5.91 Å². The van der Waals surface area contributed by atoms with Gasteiger partial charge in [-0.05, 0) is 60.7 Å². The van der Waals surface area contributed by atoms with Gasteiger partial charge in [0.1, 0.15) is 11.8 Å². The summed E-state index contributed by atoms with van der Waals surface area (Å²) in [5, 5.41) is 4.49. The van der Waals surface area contributed by atoms with Gasteiger partial charge in [-0.2, -0.15) is 0 Å². The third-order valence-corrected chi connectivity index (χ3v) is 7.42. The minimum Gasteiger partial charge on any atom is -0.484 e. The summed E-state index contributed by atoms with van der Waals surface area (Å²) >= 11 is 19.3. The molecule has 1 atom stereocenters. The lowest BCUT2D eigenvalue weighted by atomic mass is 10.0. The van der Waals surface area contributed by atoms with Crippen LogP contribution < -0.4 is 10.1 Å². The fourth-order valence-corrected chi connectivity index (χ4v) is 4.67. The molecule has 1 N–H and O–H groups in total. The molecule has 38 heavy (non-hydrogen) atoms. The smallest absolute Gasteiger partial charge is 0.261 e. The molecule has 202 valence electrons. The Bertz CT molecular complexity index is 1220.